The van der Waals surface area contributed by atoms with Crippen LogP contribution in [-0.2, 0) is 20.3 Å². The van der Waals surface area contributed by atoms with Gasteiger partial charge in [0.25, 0.3) is 0 Å². The highest BCUT2D eigenvalue weighted by molar-refractivity contribution is 7.84. The number of ether oxygens (including phenoxy) is 1. The van der Waals surface area contributed by atoms with Gasteiger partial charge in [-0.2, -0.15) is 0 Å². The normalized spacial score (nSPS) is 12.5. The Morgan fingerprint density at radius 3 is 2.75 bits per heavy atom. The molecule has 0 radical (unpaired) electrons. The Balaban J connectivity index is 3.19. The first-order chi connectivity index (χ1) is 5.66. The van der Waals surface area contributed by atoms with E-state index in [0.717, 1.165) is 6.42 Å². The van der Waals surface area contributed by atoms with E-state index in [0.29, 0.717) is 12.3 Å². The highest BCUT2D eigenvalue weighted by Crippen LogP contribution is 1.81. The average Bonchev–Trinajstić information content (AvgIpc) is 1.98. The zero-order valence-electron chi connectivity index (χ0n) is 7.46. The second-order valence-corrected chi connectivity index (χ2v) is 3.97. The molecule has 0 aromatic carbocycles. The topological polar surface area (TPSA) is 55.4 Å². The van der Waals surface area contributed by atoms with Crippen LogP contribution in [0.2, 0.25) is 0 Å². The molecule has 72 valence electrons. The van der Waals surface area contributed by atoms with Crippen molar-refractivity contribution < 1.29 is 13.7 Å². The van der Waals surface area contributed by atoms with Gasteiger partial charge in [-0.3, -0.25) is 9.00 Å². The third kappa shape index (κ3) is 7.68. The van der Waals surface area contributed by atoms with E-state index in [1.54, 1.807) is 6.26 Å². The summed E-state index contributed by atoms with van der Waals surface area (Å²) in [7, 11) is 0.706. The molecule has 0 aliphatic heterocycles. The summed E-state index contributed by atoms with van der Waals surface area (Å²) in [5.74, 6) is 0.507. The minimum Gasteiger partial charge on any atom is -0.375 e. The van der Waals surface area contributed by atoms with Gasteiger partial charge in [0.15, 0.2) is 0 Å². The van der Waals surface area contributed by atoms with Crippen molar-refractivity contribution in [1.82, 2.24) is 5.32 Å². The molecule has 1 amide bonds. The number of hydrogen-bond acceptors (Lipinski definition) is 3. The van der Waals surface area contributed by atoms with E-state index in [9.17, 15) is 9.00 Å². The molecule has 4 nitrogen and oxygen atoms in total. The third-order valence-corrected chi connectivity index (χ3v) is 2.07. The number of carbonyl (C=O) groups is 1. The van der Waals surface area contributed by atoms with Crippen LogP contribution < -0.4 is 5.32 Å². The van der Waals surface area contributed by atoms with Gasteiger partial charge in [-0.15, -0.1) is 0 Å². The zero-order valence-corrected chi connectivity index (χ0v) is 8.28. The molecule has 0 aliphatic rings. The Hall–Kier alpha value is -0.420. The Labute approximate surface area is 75.1 Å². The smallest absolute Gasteiger partial charge is 0.245 e. The maximum Gasteiger partial charge on any atom is 0.245 e. The second kappa shape index (κ2) is 7.24. The van der Waals surface area contributed by atoms with E-state index in [1.807, 2.05) is 0 Å². The zero-order chi connectivity index (χ0) is 9.40. The predicted molar refractivity (Wildman–Crippen MR) is 48.4 cm³/mol. The van der Waals surface area contributed by atoms with Gasteiger partial charge in [0.05, 0.1) is 0 Å². The Kier molecular flexibility index (Phi) is 6.99. The molecule has 0 aliphatic carbocycles. The van der Waals surface area contributed by atoms with E-state index < -0.39 is 10.8 Å². The molecule has 0 saturated carbocycles. The molecule has 1 N–H and O–H groups in total. The first kappa shape index (κ1) is 11.6. The SMILES string of the molecule is COCC(=O)NCCCS(C)=O. The van der Waals surface area contributed by atoms with Gasteiger partial charge in [0, 0.05) is 36.5 Å². The van der Waals surface area contributed by atoms with Crippen molar-refractivity contribution in [2.24, 2.45) is 0 Å². The molecule has 0 bridgehead atoms. The molecule has 0 saturated heterocycles. The van der Waals surface area contributed by atoms with E-state index >= 15 is 0 Å². The van der Waals surface area contributed by atoms with E-state index in [4.69, 9.17) is 0 Å². The first-order valence-electron chi connectivity index (χ1n) is 3.72. The van der Waals surface area contributed by atoms with Crippen LogP contribution in [-0.4, -0.2) is 42.4 Å². The Morgan fingerprint density at radius 2 is 2.25 bits per heavy atom. The van der Waals surface area contributed by atoms with Gasteiger partial charge in [0.2, 0.25) is 5.91 Å². The van der Waals surface area contributed by atoms with Gasteiger partial charge in [-0.25, -0.2) is 0 Å². The minimum absolute atomic E-state index is 0.0925. The molecule has 0 fully saturated rings. The third-order valence-electron chi connectivity index (χ3n) is 1.21. The molecule has 0 rings (SSSR count). The van der Waals surface area contributed by atoms with Crippen molar-refractivity contribution in [2.75, 3.05) is 32.3 Å². The number of carbonyl (C=O) groups excluding carboxylic acids is 1. The van der Waals surface area contributed by atoms with Gasteiger partial charge >= 0.3 is 0 Å². The summed E-state index contributed by atoms with van der Waals surface area (Å²) in [4.78, 5) is 10.8. The monoisotopic (exact) mass is 193 g/mol. The number of amides is 1. The molecule has 0 heterocycles. The van der Waals surface area contributed by atoms with Gasteiger partial charge < -0.3 is 10.1 Å². The fourth-order valence-electron chi connectivity index (χ4n) is 0.685. The van der Waals surface area contributed by atoms with Crippen molar-refractivity contribution in [3.8, 4) is 0 Å². The van der Waals surface area contributed by atoms with Crippen LogP contribution in [0.15, 0.2) is 0 Å². The van der Waals surface area contributed by atoms with Crippen LogP contribution in [0, 0.1) is 0 Å². The Bertz CT molecular complexity index is 161. The minimum atomic E-state index is -0.767. The fraction of sp³-hybridized carbons (Fsp3) is 0.857. The van der Waals surface area contributed by atoms with Crippen LogP contribution in [0.1, 0.15) is 6.42 Å². The standard InChI is InChI=1S/C7H15NO3S/c1-11-6-7(9)8-4-3-5-12(2)10/h3-6H2,1-2H3,(H,8,9). The maximum absolute atomic E-state index is 10.8. The summed E-state index contributed by atoms with van der Waals surface area (Å²) in [6.07, 6.45) is 2.40. The van der Waals surface area contributed by atoms with Crippen LogP contribution in [0.4, 0.5) is 0 Å². The average molecular weight is 193 g/mol. The number of rotatable bonds is 6. The molecule has 12 heavy (non-hydrogen) atoms. The summed E-state index contributed by atoms with van der Waals surface area (Å²) < 4.78 is 15.2. The number of hydrogen-bond donors (Lipinski definition) is 1. The fourth-order valence-corrected chi connectivity index (χ4v) is 1.24. The molecule has 1 unspecified atom stereocenters. The Morgan fingerprint density at radius 1 is 1.58 bits per heavy atom. The molecular weight excluding hydrogens is 178 g/mol. The summed E-state index contributed by atoms with van der Waals surface area (Å²) in [5.41, 5.74) is 0. The van der Waals surface area contributed by atoms with E-state index in [-0.39, 0.29) is 12.5 Å². The lowest BCUT2D eigenvalue weighted by Gasteiger charge is -2.02. The van der Waals surface area contributed by atoms with E-state index in [1.165, 1.54) is 7.11 Å². The second-order valence-electron chi connectivity index (χ2n) is 2.41. The van der Waals surface area contributed by atoms with Crippen molar-refractivity contribution in [3.63, 3.8) is 0 Å². The highest BCUT2D eigenvalue weighted by Gasteiger charge is 1.98. The number of nitrogens with one attached hydrogen (secondary N) is 1. The molecular formula is C7H15NO3S. The van der Waals surface area contributed by atoms with Gasteiger partial charge in [0.1, 0.15) is 6.61 Å². The van der Waals surface area contributed by atoms with Crippen molar-refractivity contribution in [1.29, 1.82) is 0 Å². The molecule has 0 aromatic heterocycles. The first-order valence-corrected chi connectivity index (χ1v) is 5.45. The lowest BCUT2D eigenvalue weighted by Crippen LogP contribution is -2.28. The molecule has 1 atom stereocenters. The summed E-state index contributed by atoms with van der Waals surface area (Å²) >= 11 is 0. The number of methoxy groups -OCH3 is 1. The van der Waals surface area contributed by atoms with Crippen molar-refractivity contribution in [3.05, 3.63) is 0 Å². The molecule has 5 heteroatoms. The lowest BCUT2D eigenvalue weighted by molar-refractivity contribution is -0.124. The quantitative estimate of drug-likeness (QED) is 0.580. The van der Waals surface area contributed by atoms with Gasteiger partial charge in [-0.1, -0.05) is 0 Å². The van der Waals surface area contributed by atoms with Crippen LogP contribution >= 0.6 is 0 Å². The summed E-state index contributed by atoms with van der Waals surface area (Å²) in [6, 6.07) is 0. The maximum atomic E-state index is 10.8. The molecule has 0 spiro atoms. The molecule has 0 aromatic rings. The predicted octanol–water partition coefficient (Wildman–Crippen LogP) is -0.482. The van der Waals surface area contributed by atoms with Crippen molar-refractivity contribution >= 4 is 16.7 Å². The van der Waals surface area contributed by atoms with Crippen molar-refractivity contribution in [2.45, 2.75) is 6.42 Å². The van der Waals surface area contributed by atoms with Crippen LogP contribution in [0.3, 0.4) is 0 Å². The van der Waals surface area contributed by atoms with Crippen LogP contribution in [0.25, 0.3) is 0 Å². The van der Waals surface area contributed by atoms with Crippen LogP contribution in [0.5, 0.6) is 0 Å². The lowest BCUT2D eigenvalue weighted by atomic mass is 10.4. The summed E-state index contributed by atoms with van der Waals surface area (Å²) in [5, 5.41) is 2.64. The highest BCUT2D eigenvalue weighted by atomic mass is 32.2. The van der Waals surface area contributed by atoms with E-state index in [2.05, 4.69) is 10.1 Å². The summed E-state index contributed by atoms with van der Waals surface area (Å²) in [6.45, 7) is 0.664. The van der Waals surface area contributed by atoms with Gasteiger partial charge in [-0.05, 0) is 6.42 Å². The largest absolute Gasteiger partial charge is 0.375 e.